The molecule has 2 amide bonds. The van der Waals surface area contributed by atoms with Crippen LogP contribution in [0.1, 0.15) is 67.7 Å². The van der Waals surface area contributed by atoms with Crippen molar-refractivity contribution in [3.8, 4) is 0 Å². The third kappa shape index (κ3) is 3.77. The maximum atomic E-state index is 13.2. The Bertz CT molecular complexity index is 1060. The number of fused-ring (bicyclic) bond motifs is 3. The van der Waals surface area contributed by atoms with E-state index in [9.17, 15) is 14.0 Å². The number of pyridine rings is 1. The molecule has 1 aromatic heterocycles. The van der Waals surface area contributed by atoms with Crippen LogP contribution in [0.25, 0.3) is 0 Å². The van der Waals surface area contributed by atoms with Gasteiger partial charge in [-0.15, -0.1) is 0 Å². The fourth-order valence-corrected chi connectivity index (χ4v) is 4.30. The van der Waals surface area contributed by atoms with Crippen LogP contribution in [0.15, 0.2) is 36.4 Å². The number of nitrogens with zero attached hydrogens (tertiary/aromatic N) is 2. The van der Waals surface area contributed by atoms with Crippen molar-refractivity contribution in [3.05, 3.63) is 59.2 Å². The molecule has 2 fully saturated rings. The molecule has 5 rings (SSSR count). The minimum atomic E-state index is -0.562. The SMILES string of the molecule is CC(C)(C)OC(=O)N1C[C@@H]2C[C@@H]2c2nc(C3(NC(=O)c4ccc(F)cc4)CC3)ccc21. The zero-order valence-electron chi connectivity index (χ0n) is 17.9. The van der Waals surface area contributed by atoms with Crippen molar-refractivity contribution in [2.75, 3.05) is 11.4 Å². The van der Waals surface area contributed by atoms with E-state index in [-0.39, 0.29) is 17.8 Å². The summed E-state index contributed by atoms with van der Waals surface area (Å²) in [6.07, 6.45) is 2.27. The van der Waals surface area contributed by atoms with Gasteiger partial charge >= 0.3 is 6.09 Å². The average molecular weight is 423 g/mol. The Morgan fingerprint density at radius 2 is 1.87 bits per heavy atom. The minimum Gasteiger partial charge on any atom is -0.443 e. The Hall–Kier alpha value is -2.96. The molecule has 2 aliphatic carbocycles. The molecular formula is C24H26FN3O3. The van der Waals surface area contributed by atoms with E-state index in [1.807, 2.05) is 32.9 Å². The Morgan fingerprint density at radius 3 is 2.52 bits per heavy atom. The molecule has 2 saturated carbocycles. The van der Waals surface area contributed by atoms with Crippen molar-refractivity contribution in [2.24, 2.45) is 5.92 Å². The van der Waals surface area contributed by atoms with Crippen LogP contribution in [-0.4, -0.2) is 29.1 Å². The maximum absolute atomic E-state index is 13.2. The first kappa shape index (κ1) is 20.0. The van der Waals surface area contributed by atoms with Crippen LogP contribution in [0, 0.1) is 11.7 Å². The molecule has 0 spiro atoms. The molecule has 1 aliphatic heterocycles. The highest BCUT2D eigenvalue weighted by molar-refractivity contribution is 5.95. The van der Waals surface area contributed by atoms with Crippen LogP contribution in [0.5, 0.6) is 0 Å². The van der Waals surface area contributed by atoms with Gasteiger partial charge in [0.1, 0.15) is 11.4 Å². The summed E-state index contributed by atoms with van der Waals surface area (Å²) in [6, 6.07) is 9.36. The smallest absolute Gasteiger partial charge is 0.414 e. The second-order valence-electron chi connectivity index (χ2n) is 9.84. The molecule has 7 heteroatoms. The summed E-state index contributed by atoms with van der Waals surface area (Å²) < 4.78 is 18.8. The molecule has 3 aliphatic rings. The van der Waals surface area contributed by atoms with Crippen LogP contribution in [0.3, 0.4) is 0 Å². The summed E-state index contributed by atoms with van der Waals surface area (Å²) in [5.41, 5.74) is 1.90. The van der Waals surface area contributed by atoms with Crippen molar-refractivity contribution in [3.63, 3.8) is 0 Å². The molecule has 2 aromatic rings. The Labute approximate surface area is 180 Å². The molecule has 0 saturated heterocycles. The number of aromatic nitrogens is 1. The topological polar surface area (TPSA) is 71.5 Å². The quantitative estimate of drug-likeness (QED) is 0.789. The zero-order valence-corrected chi connectivity index (χ0v) is 17.9. The number of halogens is 1. The number of hydrogen-bond donors (Lipinski definition) is 1. The summed E-state index contributed by atoms with van der Waals surface area (Å²) >= 11 is 0. The van der Waals surface area contributed by atoms with Gasteiger partial charge in [0.05, 0.1) is 22.6 Å². The van der Waals surface area contributed by atoms with Gasteiger partial charge in [-0.3, -0.25) is 14.7 Å². The first-order chi connectivity index (χ1) is 14.7. The van der Waals surface area contributed by atoms with Gasteiger partial charge in [-0.05, 0) is 82.3 Å². The lowest BCUT2D eigenvalue weighted by Gasteiger charge is -2.31. The molecule has 2 atom stereocenters. The monoisotopic (exact) mass is 423 g/mol. The van der Waals surface area contributed by atoms with Gasteiger partial charge in [0.25, 0.3) is 5.91 Å². The zero-order chi connectivity index (χ0) is 22.0. The van der Waals surface area contributed by atoms with Gasteiger partial charge in [-0.2, -0.15) is 0 Å². The summed E-state index contributed by atoms with van der Waals surface area (Å²) in [7, 11) is 0. The van der Waals surface area contributed by atoms with Crippen LogP contribution in [-0.2, 0) is 10.3 Å². The largest absolute Gasteiger partial charge is 0.443 e. The van der Waals surface area contributed by atoms with E-state index in [1.165, 1.54) is 24.3 Å². The fourth-order valence-electron chi connectivity index (χ4n) is 4.30. The van der Waals surface area contributed by atoms with Crippen LogP contribution in [0.2, 0.25) is 0 Å². The van der Waals surface area contributed by atoms with Gasteiger partial charge < -0.3 is 10.1 Å². The van der Waals surface area contributed by atoms with E-state index in [0.29, 0.717) is 23.9 Å². The third-order valence-electron chi connectivity index (χ3n) is 6.20. The average Bonchev–Trinajstić information content (AvgIpc) is 3.61. The van der Waals surface area contributed by atoms with E-state index < -0.39 is 11.1 Å². The van der Waals surface area contributed by atoms with Gasteiger partial charge in [0.15, 0.2) is 0 Å². The van der Waals surface area contributed by atoms with Crippen molar-refractivity contribution < 1.29 is 18.7 Å². The van der Waals surface area contributed by atoms with Crippen LogP contribution >= 0.6 is 0 Å². The number of hydrogen-bond acceptors (Lipinski definition) is 4. The molecule has 1 aromatic carbocycles. The summed E-state index contributed by atoms with van der Waals surface area (Å²) in [5, 5.41) is 3.09. The first-order valence-corrected chi connectivity index (χ1v) is 10.8. The summed E-state index contributed by atoms with van der Waals surface area (Å²) in [5.74, 6) is 0.156. The number of carbonyl (C=O) groups is 2. The molecular weight excluding hydrogens is 397 g/mol. The van der Waals surface area contributed by atoms with E-state index in [1.54, 1.807) is 4.90 Å². The molecule has 6 nitrogen and oxygen atoms in total. The predicted molar refractivity (Wildman–Crippen MR) is 113 cm³/mol. The van der Waals surface area contributed by atoms with E-state index in [2.05, 4.69) is 5.32 Å². The lowest BCUT2D eigenvalue weighted by molar-refractivity contribution is 0.0576. The molecule has 0 radical (unpaired) electrons. The maximum Gasteiger partial charge on any atom is 0.414 e. The van der Waals surface area contributed by atoms with Crippen molar-refractivity contribution in [1.29, 1.82) is 0 Å². The number of rotatable bonds is 3. The summed E-state index contributed by atoms with van der Waals surface area (Å²) in [6.45, 7) is 6.23. The number of ether oxygens (including phenoxy) is 1. The van der Waals surface area contributed by atoms with Crippen molar-refractivity contribution >= 4 is 17.7 Å². The number of anilines is 1. The second-order valence-corrected chi connectivity index (χ2v) is 9.84. The van der Waals surface area contributed by atoms with Gasteiger partial charge in [0.2, 0.25) is 0 Å². The predicted octanol–water partition coefficient (Wildman–Crippen LogP) is 4.50. The number of benzene rings is 1. The standard InChI is InChI=1S/C24H26FN3O3/c1-23(2,3)31-22(30)28-13-15-12-17(15)20-18(28)8-9-19(26-20)24(10-11-24)27-21(29)14-4-6-16(25)7-5-14/h4-9,15,17H,10-13H2,1-3H3,(H,27,29)/t15-,17-/m0/s1. The van der Waals surface area contributed by atoms with Crippen molar-refractivity contribution in [2.45, 2.75) is 57.1 Å². The highest BCUT2D eigenvalue weighted by atomic mass is 19.1. The van der Waals surface area contributed by atoms with E-state index >= 15 is 0 Å². The van der Waals surface area contributed by atoms with Crippen LogP contribution in [0.4, 0.5) is 14.9 Å². The molecule has 0 unspecified atom stereocenters. The molecule has 31 heavy (non-hydrogen) atoms. The Kier molecular flexibility index (Phi) is 4.36. The number of amides is 2. The Balaban J connectivity index is 1.40. The van der Waals surface area contributed by atoms with Gasteiger partial charge in [0, 0.05) is 18.0 Å². The number of nitrogens with one attached hydrogen (secondary N) is 1. The van der Waals surface area contributed by atoms with E-state index in [0.717, 1.165) is 36.3 Å². The lowest BCUT2D eigenvalue weighted by Crippen LogP contribution is -2.41. The molecule has 162 valence electrons. The first-order valence-electron chi connectivity index (χ1n) is 10.8. The third-order valence-corrected chi connectivity index (χ3v) is 6.20. The normalized spacial score (nSPS) is 22.8. The highest BCUT2D eigenvalue weighted by Gasteiger charge is 2.51. The fraction of sp³-hybridized carbons (Fsp3) is 0.458. The lowest BCUT2D eigenvalue weighted by atomic mass is 10.0. The Morgan fingerprint density at radius 1 is 1.16 bits per heavy atom. The van der Waals surface area contributed by atoms with Gasteiger partial charge in [-0.25, -0.2) is 9.18 Å². The second kappa shape index (κ2) is 6.77. The number of carbonyl (C=O) groups excluding carboxylic acids is 2. The molecule has 1 N–H and O–H groups in total. The van der Waals surface area contributed by atoms with Crippen LogP contribution < -0.4 is 10.2 Å². The van der Waals surface area contributed by atoms with E-state index in [4.69, 9.17) is 9.72 Å². The molecule has 0 bridgehead atoms. The molecule has 2 heterocycles. The van der Waals surface area contributed by atoms with Gasteiger partial charge in [-0.1, -0.05) is 0 Å². The van der Waals surface area contributed by atoms with Crippen molar-refractivity contribution in [1.82, 2.24) is 10.3 Å². The summed E-state index contributed by atoms with van der Waals surface area (Å²) in [4.78, 5) is 32.1. The minimum absolute atomic E-state index is 0.239. The highest BCUT2D eigenvalue weighted by Crippen LogP contribution is 2.55.